The van der Waals surface area contributed by atoms with Crippen molar-refractivity contribution < 1.29 is 47.9 Å². The second kappa shape index (κ2) is 60.4. The van der Waals surface area contributed by atoms with Crippen molar-refractivity contribution in [3.8, 4) is 0 Å². The molecule has 0 spiro atoms. The van der Waals surface area contributed by atoms with E-state index < -0.39 is 0 Å². The molecule has 20 nitrogen and oxygen atoms in total. The van der Waals surface area contributed by atoms with E-state index in [0.717, 1.165) is 19.3 Å². The fraction of sp³-hybridized carbons (Fsp3) is 0.565. The molecular weight excluding hydrogens is 576 g/mol. The Morgan fingerprint density at radius 3 is 0.488 bits per heavy atom. The summed E-state index contributed by atoms with van der Waals surface area (Å²) in [6, 6.07) is 0. The molecule has 0 unspecified atom stereocenters. The topological polar surface area (TPSA) is 294 Å². The summed E-state index contributed by atoms with van der Waals surface area (Å²) in [7, 11) is 0. The first kappa shape index (κ1) is 46.6. The lowest BCUT2D eigenvalue weighted by Gasteiger charge is -1.90. The van der Waals surface area contributed by atoms with Gasteiger partial charge in [-0.25, -0.2) is 97.9 Å². The number of nitrogens with zero attached hydrogens (tertiary/aromatic N) is 10. The normalized spacial score (nSPS) is 6.88. The summed E-state index contributed by atoms with van der Waals surface area (Å²) in [4.78, 5) is 126. The number of isocyanates is 10. The van der Waals surface area contributed by atoms with Crippen LogP contribution in [0.1, 0.15) is 19.3 Å². The molecule has 0 aromatic heterocycles. The van der Waals surface area contributed by atoms with Crippen LogP contribution in [-0.2, 0) is 47.9 Å². The summed E-state index contributed by atoms with van der Waals surface area (Å²) in [6.45, 7) is 2.81. The number of unbranched alkanes of at least 4 members (excludes halogenated alkanes) is 2. The molecule has 0 saturated carbocycles. The van der Waals surface area contributed by atoms with Gasteiger partial charge in [0.25, 0.3) is 0 Å². The fourth-order valence-electron chi connectivity index (χ4n) is 1.41. The maximum atomic E-state index is 9.58. The Bertz CT molecular complexity index is 943. The van der Waals surface area contributed by atoms with Crippen LogP contribution >= 0.6 is 0 Å². The highest BCUT2D eigenvalue weighted by molar-refractivity contribution is 5.35. The number of hydrogen-bond acceptors (Lipinski definition) is 20. The lowest BCUT2D eigenvalue weighted by Crippen LogP contribution is -1.84. The smallest absolute Gasteiger partial charge is 0.211 e. The minimum atomic E-state index is 0.221. The van der Waals surface area contributed by atoms with Crippen molar-refractivity contribution in [3.63, 3.8) is 0 Å². The van der Waals surface area contributed by atoms with Gasteiger partial charge < -0.3 is 0 Å². The van der Waals surface area contributed by atoms with Gasteiger partial charge in [-0.1, -0.05) is 0 Å². The van der Waals surface area contributed by atoms with Gasteiger partial charge in [-0.15, -0.1) is 0 Å². The molecule has 0 amide bonds. The molecule has 0 N–H and O–H groups in total. The second-order valence-electron chi connectivity index (χ2n) is 5.79. The van der Waals surface area contributed by atoms with Gasteiger partial charge in [0.1, 0.15) is 0 Å². The monoisotopic (exact) mass is 602 g/mol. The van der Waals surface area contributed by atoms with Gasteiger partial charge in [0, 0.05) is 0 Å². The minimum Gasteiger partial charge on any atom is -0.211 e. The Labute approximate surface area is 243 Å². The Morgan fingerprint density at radius 1 is 0.209 bits per heavy atom. The van der Waals surface area contributed by atoms with Crippen molar-refractivity contribution in [2.75, 3.05) is 65.4 Å². The first-order chi connectivity index (χ1) is 21.1. The van der Waals surface area contributed by atoms with Gasteiger partial charge in [-0.05, 0) is 19.3 Å². The first-order valence-corrected chi connectivity index (χ1v) is 11.4. The quantitative estimate of drug-likeness (QED) is 0.110. The summed E-state index contributed by atoms with van der Waals surface area (Å²) < 4.78 is 0. The number of carbonyl (C=O) groups excluding carboxylic acids is 10. The maximum Gasteiger partial charge on any atom is 0.235 e. The van der Waals surface area contributed by atoms with Crippen molar-refractivity contribution in [2.45, 2.75) is 19.3 Å². The molecule has 0 bridgehead atoms. The molecule has 0 aromatic carbocycles. The molecule has 0 atom stereocenters. The third kappa shape index (κ3) is 86.1. The molecule has 0 rings (SSSR count). The predicted octanol–water partition coefficient (Wildman–Crippen LogP) is -0.540. The summed E-state index contributed by atoms with van der Waals surface area (Å²) in [5, 5.41) is 0. The van der Waals surface area contributed by atoms with Crippen LogP contribution in [0.5, 0.6) is 0 Å². The minimum absolute atomic E-state index is 0.221. The van der Waals surface area contributed by atoms with Crippen LogP contribution < -0.4 is 0 Å². The first-order valence-electron chi connectivity index (χ1n) is 11.4. The van der Waals surface area contributed by atoms with Gasteiger partial charge in [0.15, 0.2) is 0 Å². The van der Waals surface area contributed by atoms with Crippen LogP contribution in [-0.4, -0.2) is 126 Å². The zero-order valence-electron chi connectivity index (χ0n) is 22.7. The zero-order chi connectivity index (χ0) is 33.3. The molecule has 0 fully saturated rings. The third-order valence-corrected chi connectivity index (χ3v) is 2.98. The average Bonchev–Trinajstić information content (AvgIpc) is 3.03. The van der Waals surface area contributed by atoms with Crippen LogP contribution in [0.15, 0.2) is 49.9 Å². The van der Waals surface area contributed by atoms with E-state index in [0.29, 0.717) is 13.1 Å². The fourth-order valence-corrected chi connectivity index (χ4v) is 1.41. The number of rotatable bonds is 18. The zero-order valence-corrected chi connectivity index (χ0v) is 22.7. The summed E-state index contributed by atoms with van der Waals surface area (Å²) in [5.74, 6) is 0. The van der Waals surface area contributed by atoms with Crippen molar-refractivity contribution >= 4 is 60.8 Å². The van der Waals surface area contributed by atoms with Gasteiger partial charge in [0.05, 0.1) is 65.4 Å². The van der Waals surface area contributed by atoms with E-state index in [9.17, 15) is 47.9 Å². The van der Waals surface area contributed by atoms with E-state index in [4.69, 9.17) is 0 Å². The van der Waals surface area contributed by atoms with E-state index in [1.807, 2.05) is 0 Å². The molecule has 0 heterocycles. The van der Waals surface area contributed by atoms with E-state index in [1.54, 1.807) is 0 Å². The summed E-state index contributed by atoms with van der Waals surface area (Å²) in [5.41, 5.74) is 0. The molecule has 0 radical (unpaired) electrons. The van der Waals surface area contributed by atoms with Gasteiger partial charge in [-0.2, -0.15) is 0 Å². The molecule has 228 valence electrons. The van der Waals surface area contributed by atoms with Gasteiger partial charge in [0.2, 0.25) is 60.8 Å². The van der Waals surface area contributed by atoms with Gasteiger partial charge in [-0.3, -0.25) is 0 Å². The van der Waals surface area contributed by atoms with E-state index in [2.05, 4.69) is 49.9 Å². The van der Waals surface area contributed by atoms with Crippen LogP contribution in [0.25, 0.3) is 0 Å². The van der Waals surface area contributed by atoms with E-state index in [1.165, 1.54) is 60.8 Å². The van der Waals surface area contributed by atoms with Crippen molar-refractivity contribution in [3.05, 3.63) is 0 Å². The summed E-state index contributed by atoms with van der Waals surface area (Å²) in [6.07, 6.45) is 16.0. The number of hydrogen-bond donors (Lipinski definition) is 0. The second-order valence-corrected chi connectivity index (χ2v) is 5.79. The van der Waals surface area contributed by atoms with Gasteiger partial charge >= 0.3 is 0 Å². The largest absolute Gasteiger partial charge is 0.235 e. The maximum absolute atomic E-state index is 9.58. The SMILES string of the molecule is O=C=NCCCCCN=C=O.O=C=NCCN=C=O.O=C=NCCN=C=O.O=C=NCCN=C=O.O=C=NCCN=C=O. The number of aliphatic imine (C=N–C) groups is 10. The lowest BCUT2D eigenvalue weighted by molar-refractivity contribution is 0.559. The molecule has 0 aliphatic rings. The third-order valence-electron chi connectivity index (χ3n) is 2.98. The Kier molecular flexibility index (Phi) is 65.5. The highest BCUT2D eigenvalue weighted by Gasteiger charge is 1.86. The lowest BCUT2D eigenvalue weighted by atomic mass is 10.2. The van der Waals surface area contributed by atoms with E-state index in [-0.39, 0.29) is 52.4 Å². The molecule has 20 heteroatoms. The highest BCUT2D eigenvalue weighted by atomic mass is 16.1. The van der Waals surface area contributed by atoms with Crippen molar-refractivity contribution in [1.29, 1.82) is 0 Å². The van der Waals surface area contributed by atoms with Crippen LogP contribution in [0.4, 0.5) is 0 Å². The molecule has 0 saturated heterocycles. The van der Waals surface area contributed by atoms with Crippen LogP contribution in [0.2, 0.25) is 0 Å². The average molecular weight is 603 g/mol. The van der Waals surface area contributed by atoms with Crippen LogP contribution in [0.3, 0.4) is 0 Å². The Hall–Kier alpha value is -6.20. The molecular formula is C23H26N10O10. The molecule has 0 aliphatic heterocycles. The van der Waals surface area contributed by atoms with Crippen molar-refractivity contribution in [2.24, 2.45) is 49.9 Å². The van der Waals surface area contributed by atoms with Crippen LogP contribution in [0, 0.1) is 0 Å². The van der Waals surface area contributed by atoms with E-state index >= 15 is 0 Å². The standard InChI is InChI=1S/C7H10N2O2.4C4H4N2O2/c10-6-8-4-2-1-3-5-9-7-11;4*7-3-5-1-2-6-4-8/h1-5H2;4*1-2H2. The molecule has 0 aromatic rings. The predicted molar refractivity (Wildman–Crippen MR) is 144 cm³/mol. The Morgan fingerprint density at radius 2 is 0.349 bits per heavy atom. The molecule has 0 aliphatic carbocycles. The molecule has 43 heavy (non-hydrogen) atoms. The summed E-state index contributed by atoms with van der Waals surface area (Å²) >= 11 is 0. The Balaban J connectivity index is -0.000000141. The highest BCUT2D eigenvalue weighted by Crippen LogP contribution is 1.94. The van der Waals surface area contributed by atoms with Crippen molar-refractivity contribution in [1.82, 2.24) is 0 Å².